The van der Waals surface area contributed by atoms with Gasteiger partial charge in [-0.2, -0.15) is 0 Å². The third-order valence-corrected chi connectivity index (χ3v) is 3.44. The Labute approximate surface area is 112 Å². The quantitative estimate of drug-likeness (QED) is 0.711. The lowest BCUT2D eigenvalue weighted by atomic mass is 10.0. The Bertz CT molecular complexity index is 713. The summed E-state index contributed by atoms with van der Waals surface area (Å²) in [6.07, 6.45) is 2.30. The topological polar surface area (TPSA) is 30.7 Å². The molecule has 3 nitrogen and oxygen atoms in total. The summed E-state index contributed by atoms with van der Waals surface area (Å²) in [7, 11) is 0. The highest BCUT2D eigenvalue weighted by atomic mass is 15.4. The summed E-state index contributed by atoms with van der Waals surface area (Å²) in [6.45, 7) is 4.37. The highest BCUT2D eigenvalue weighted by Gasteiger charge is 2.07. The molecule has 0 amide bonds. The molecular weight excluding hydrogens is 234 g/mol. The lowest BCUT2D eigenvalue weighted by Gasteiger charge is -2.08. The average molecular weight is 251 g/mol. The van der Waals surface area contributed by atoms with Gasteiger partial charge in [0.05, 0.1) is 11.2 Å². The summed E-state index contributed by atoms with van der Waals surface area (Å²) in [4.78, 5) is 0. The van der Waals surface area contributed by atoms with Gasteiger partial charge in [0, 0.05) is 0 Å². The van der Waals surface area contributed by atoms with E-state index in [4.69, 9.17) is 0 Å². The van der Waals surface area contributed by atoms with E-state index in [1.54, 1.807) is 0 Å². The largest absolute Gasteiger partial charge is 0.213 e. The predicted molar refractivity (Wildman–Crippen MR) is 77.6 cm³/mol. The lowest BCUT2D eigenvalue weighted by Crippen LogP contribution is -1.98. The van der Waals surface area contributed by atoms with Crippen LogP contribution in [0.25, 0.3) is 16.7 Å². The maximum absolute atomic E-state index is 4.25. The molecule has 3 heteroatoms. The van der Waals surface area contributed by atoms with Gasteiger partial charge in [-0.1, -0.05) is 36.8 Å². The second kappa shape index (κ2) is 4.84. The summed E-state index contributed by atoms with van der Waals surface area (Å²) < 4.78 is 1.90. The van der Waals surface area contributed by atoms with E-state index in [2.05, 4.69) is 42.4 Å². The van der Waals surface area contributed by atoms with Crippen molar-refractivity contribution in [2.45, 2.75) is 26.7 Å². The molecule has 19 heavy (non-hydrogen) atoms. The summed E-state index contributed by atoms with van der Waals surface area (Å²) in [5.74, 6) is 0. The van der Waals surface area contributed by atoms with E-state index in [9.17, 15) is 0 Å². The number of hydrogen-bond acceptors (Lipinski definition) is 2. The van der Waals surface area contributed by atoms with Gasteiger partial charge in [0.15, 0.2) is 0 Å². The Morgan fingerprint density at radius 1 is 1.11 bits per heavy atom. The van der Waals surface area contributed by atoms with Crippen LogP contribution in [0.5, 0.6) is 0 Å². The zero-order chi connectivity index (χ0) is 13.2. The summed E-state index contributed by atoms with van der Waals surface area (Å²) in [5, 5.41) is 8.45. The molecule has 0 saturated carbocycles. The minimum atomic E-state index is 0.929. The van der Waals surface area contributed by atoms with Gasteiger partial charge < -0.3 is 0 Å². The molecule has 0 spiro atoms. The SMILES string of the molecule is CCCc1ccc(-n2nnc3ccccc32)cc1C. The van der Waals surface area contributed by atoms with Gasteiger partial charge in [-0.3, -0.25) is 0 Å². The van der Waals surface area contributed by atoms with Crippen molar-refractivity contribution in [3.8, 4) is 5.69 Å². The van der Waals surface area contributed by atoms with E-state index in [1.165, 1.54) is 17.5 Å². The molecule has 0 fully saturated rings. The Kier molecular flexibility index (Phi) is 3.03. The highest BCUT2D eigenvalue weighted by molar-refractivity contribution is 5.75. The van der Waals surface area contributed by atoms with Gasteiger partial charge in [0.2, 0.25) is 0 Å². The summed E-state index contributed by atoms with van der Waals surface area (Å²) in [5.41, 5.74) is 5.78. The van der Waals surface area contributed by atoms with Gasteiger partial charge in [-0.25, -0.2) is 4.68 Å². The maximum atomic E-state index is 4.25. The molecule has 3 aromatic rings. The Morgan fingerprint density at radius 2 is 1.95 bits per heavy atom. The maximum Gasteiger partial charge on any atom is 0.113 e. The predicted octanol–water partition coefficient (Wildman–Crippen LogP) is 3.68. The van der Waals surface area contributed by atoms with Crippen molar-refractivity contribution < 1.29 is 0 Å². The molecule has 0 unspecified atom stereocenters. The summed E-state index contributed by atoms with van der Waals surface area (Å²) >= 11 is 0. The van der Waals surface area contributed by atoms with Gasteiger partial charge in [0.1, 0.15) is 5.52 Å². The fourth-order valence-corrected chi connectivity index (χ4v) is 2.42. The van der Waals surface area contributed by atoms with Gasteiger partial charge in [-0.05, 0) is 48.7 Å². The Morgan fingerprint density at radius 3 is 2.74 bits per heavy atom. The first-order valence-corrected chi connectivity index (χ1v) is 6.70. The first-order chi connectivity index (χ1) is 9.29. The van der Waals surface area contributed by atoms with Crippen LogP contribution in [0.2, 0.25) is 0 Å². The molecule has 1 heterocycles. The van der Waals surface area contributed by atoms with Crippen molar-refractivity contribution in [1.29, 1.82) is 0 Å². The van der Waals surface area contributed by atoms with Crippen LogP contribution in [0, 0.1) is 6.92 Å². The van der Waals surface area contributed by atoms with Crippen molar-refractivity contribution in [3.63, 3.8) is 0 Å². The fourth-order valence-electron chi connectivity index (χ4n) is 2.42. The van der Waals surface area contributed by atoms with E-state index in [-0.39, 0.29) is 0 Å². The van der Waals surface area contributed by atoms with Gasteiger partial charge >= 0.3 is 0 Å². The van der Waals surface area contributed by atoms with Crippen LogP contribution < -0.4 is 0 Å². The number of fused-ring (bicyclic) bond motifs is 1. The first-order valence-electron chi connectivity index (χ1n) is 6.70. The van der Waals surface area contributed by atoms with E-state index >= 15 is 0 Å². The highest BCUT2D eigenvalue weighted by Crippen LogP contribution is 2.19. The van der Waals surface area contributed by atoms with Crippen LogP contribution in [0.15, 0.2) is 42.5 Å². The van der Waals surface area contributed by atoms with Crippen LogP contribution in [0.1, 0.15) is 24.5 Å². The van der Waals surface area contributed by atoms with Gasteiger partial charge in [-0.15, -0.1) is 5.10 Å². The van der Waals surface area contributed by atoms with Crippen molar-refractivity contribution in [3.05, 3.63) is 53.6 Å². The Hall–Kier alpha value is -2.16. The van der Waals surface area contributed by atoms with Crippen molar-refractivity contribution in [1.82, 2.24) is 15.0 Å². The molecule has 0 aliphatic carbocycles. The standard InChI is InChI=1S/C16H17N3/c1-3-6-13-9-10-14(11-12(13)2)19-16-8-5-4-7-15(16)17-18-19/h4-5,7-11H,3,6H2,1-2H3. The molecule has 0 N–H and O–H groups in total. The molecule has 2 aromatic carbocycles. The number of aryl methyl sites for hydroxylation is 2. The van der Waals surface area contributed by atoms with E-state index in [0.717, 1.165) is 23.1 Å². The van der Waals surface area contributed by atoms with Crippen LogP contribution in [-0.4, -0.2) is 15.0 Å². The van der Waals surface area contributed by atoms with Gasteiger partial charge in [0.25, 0.3) is 0 Å². The number of aromatic nitrogens is 3. The molecule has 0 saturated heterocycles. The molecule has 96 valence electrons. The number of rotatable bonds is 3. The molecule has 0 aliphatic rings. The smallest absolute Gasteiger partial charge is 0.113 e. The minimum absolute atomic E-state index is 0.929. The monoisotopic (exact) mass is 251 g/mol. The molecular formula is C16H17N3. The molecule has 0 radical (unpaired) electrons. The van der Waals surface area contributed by atoms with Crippen LogP contribution in [-0.2, 0) is 6.42 Å². The van der Waals surface area contributed by atoms with Crippen LogP contribution >= 0.6 is 0 Å². The number of para-hydroxylation sites is 1. The second-order valence-electron chi connectivity index (χ2n) is 4.85. The van der Waals surface area contributed by atoms with Crippen molar-refractivity contribution in [2.24, 2.45) is 0 Å². The first kappa shape index (κ1) is 11.9. The van der Waals surface area contributed by atoms with Crippen molar-refractivity contribution in [2.75, 3.05) is 0 Å². The number of nitrogens with zero attached hydrogens (tertiary/aromatic N) is 3. The van der Waals surface area contributed by atoms with E-state index in [0.29, 0.717) is 0 Å². The second-order valence-corrected chi connectivity index (χ2v) is 4.85. The fraction of sp³-hybridized carbons (Fsp3) is 0.250. The Balaban J connectivity index is 2.09. The van der Waals surface area contributed by atoms with E-state index < -0.39 is 0 Å². The number of hydrogen-bond donors (Lipinski definition) is 0. The lowest BCUT2D eigenvalue weighted by molar-refractivity contribution is 0.820. The third kappa shape index (κ3) is 2.12. The zero-order valence-corrected chi connectivity index (χ0v) is 11.3. The molecule has 3 rings (SSSR count). The zero-order valence-electron chi connectivity index (χ0n) is 11.3. The molecule has 1 aromatic heterocycles. The summed E-state index contributed by atoms with van der Waals surface area (Å²) in [6, 6.07) is 14.5. The minimum Gasteiger partial charge on any atom is -0.213 e. The molecule has 0 atom stereocenters. The van der Waals surface area contributed by atoms with Crippen LogP contribution in [0.4, 0.5) is 0 Å². The number of benzene rings is 2. The molecule has 0 aliphatic heterocycles. The third-order valence-electron chi connectivity index (χ3n) is 3.44. The normalized spacial score (nSPS) is 11.1. The van der Waals surface area contributed by atoms with Crippen molar-refractivity contribution >= 4 is 11.0 Å². The molecule has 0 bridgehead atoms. The van der Waals surface area contributed by atoms with E-state index in [1.807, 2.05) is 28.9 Å². The average Bonchev–Trinajstić information content (AvgIpc) is 2.85. The van der Waals surface area contributed by atoms with Crippen LogP contribution in [0.3, 0.4) is 0 Å².